The number of nitrogens with zero attached hydrogens (tertiary/aromatic N) is 3. The van der Waals surface area contributed by atoms with Crippen LogP contribution in [0.1, 0.15) is 65.1 Å². The first-order valence-electron chi connectivity index (χ1n) is 18.7. The SMILES string of the molecule is Cc1ccc(COc2ccc(Oc3c(C)cc(C=CC(=O)N4CC[C@H](N(C)Cc5ccc(CCOc6ccc(C(C)C)cc6)cc5)C4)cc3Cl)nc2)cc1.Cl. The highest BCUT2D eigenvalue weighted by Crippen LogP contribution is 2.34. The third-order valence-corrected chi connectivity index (χ3v) is 10.2. The summed E-state index contributed by atoms with van der Waals surface area (Å²) in [6.07, 6.45) is 6.88. The Morgan fingerprint density at radius 1 is 0.909 bits per heavy atom. The van der Waals surface area contributed by atoms with Crippen molar-refractivity contribution in [1.29, 1.82) is 0 Å². The monoisotopic (exact) mass is 779 g/mol. The quantitative estimate of drug-likeness (QED) is 0.0986. The van der Waals surface area contributed by atoms with Crippen LogP contribution in [0.25, 0.3) is 6.08 Å². The molecule has 1 fully saturated rings. The van der Waals surface area contributed by atoms with Crippen LogP contribution in [0, 0.1) is 13.8 Å². The lowest BCUT2D eigenvalue weighted by atomic mass is 10.0. The first-order chi connectivity index (χ1) is 26.1. The molecule has 1 saturated heterocycles. The van der Waals surface area contributed by atoms with E-state index in [1.54, 1.807) is 24.4 Å². The van der Waals surface area contributed by atoms with Gasteiger partial charge in [-0.3, -0.25) is 9.69 Å². The molecule has 0 saturated carbocycles. The molecule has 2 heterocycles. The second-order valence-corrected chi connectivity index (χ2v) is 14.9. The Hall–Kier alpha value is -4.82. The summed E-state index contributed by atoms with van der Waals surface area (Å²) in [5, 5.41) is 0.445. The smallest absolute Gasteiger partial charge is 0.246 e. The van der Waals surface area contributed by atoms with Crippen LogP contribution in [0.15, 0.2) is 109 Å². The van der Waals surface area contributed by atoms with Gasteiger partial charge in [0.15, 0.2) is 5.75 Å². The second kappa shape index (κ2) is 19.7. The molecule has 1 aliphatic heterocycles. The first kappa shape index (κ1) is 41.3. The van der Waals surface area contributed by atoms with E-state index in [-0.39, 0.29) is 18.3 Å². The highest BCUT2D eigenvalue weighted by atomic mass is 35.5. The summed E-state index contributed by atoms with van der Waals surface area (Å²) >= 11 is 6.66. The fraction of sp³-hybridized carbons (Fsp3) is 0.304. The van der Waals surface area contributed by atoms with Gasteiger partial charge in [-0.1, -0.05) is 91.7 Å². The Morgan fingerprint density at radius 2 is 1.60 bits per heavy atom. The van der Waals surface area contributed by atoms with E-state index < -0.39 is 0 Å². The van der Waals surface area contributed by atoms with Gasteiger partial charge in [0.2, 0.25) is 11.8 Å². The molecule has 0 bridgehead atoms. The summed E-state index contributed by atoms with van der Waals surface area (Å²) in [5.41, 5.74) is 7.80. The molecule has 5 aromatic rings. The Balaban J connectivity index is 0.00000580. The van der Waals surface area contributed by atoms with E-state index in [0.717, 1.165) is 48.4 Å². The summed E-state index contributed by atoms with van der Waals surface area (Å²) in [4.78, 5) is 21.8. The Bertz CT molecular complexity index is 1990. The minimum atomic E-state index is -0.00340. The normalized spacial score (nSPS) is 14.0. The lowest BCUT2D eigenvalue weighted by molar-refractivity contribution is -0.125. The summed E-state index contributed by atoms with van der Waals surface area (Å²) in [5.74, 6) is 3.02. The van der Waals surface area contributed by atoms with Crippen LogP contribution < -0.4 is 14.2 Å². The zero-order chi connectivity index (χ0) is 38.0. The van der Waals surface area contributed by atoms with Gasteiger partial charge in [-0.15, -0.1) is 12.4 Å². The molecule has 1 atom stereocenters. The highest BCUT2D eigenvalue weighted by molar-refractivity contribution is 6.32. The van der Waals surface area contributed by atoms with Gasteiger partial charge >= 0.3 is 0 Å². The van der Waals surface area contributed by atoms with Crippen LogP contribution in [0.4, 0.5) is 0 Å². The molecular formula is C46H51Cl2N3O4. The molecule has 7 nitrogen and oxygen atoms in total. The molecule has 0 N–H and O–H groups in total. The number of likely N-dealkylation sites (tertiary alicyclic amines) is 1. The van der Waals surface area contributed by atoms with Crippen LogP contribution in [0.2, 0.25) is 5.02 Å². The van der Waals surface area contributed by atoms with E-state index in [4.69, 9.17) is 25.8 Å². The average molecular weight is 781 g/mol. The number of halogens is 2. The molecule has 9 heteroatoms. The number of aromatic nitrogens is 1. The van der Waals surface area contributed by atoms with Gasteiger partial charge in [0.1, 0.15) is 18.1 Å². The Labute approximate surface area is 337 Å². The lowest BCUT2D eigenvalue weighted by Crippen LogP contribution is -2.35. The molecule has 1 amide bonds. The van der Waals surface area contributed by atoms with Crippen molar-refractivity contribution in [1.82, 2.24) is 14.8 Å². The van der Waals surface area contributed by atoms with Crippen molar-refractivity contribution >= 4 is 36.0 Å². The minimum Gasteiger partial charge on any atom is -0.493 e. The van der Waals surface area contributed by atoms with Gasteiger partial charge < -0.3 is 19.1 Å². The van der Waals surface area contributed by atoms with Gasteiger partial charge in [0.25, 0.3) is 0 Å². The predicted octanol–water partition coefficient (Wildman–Crippen LogP) is 10.6. The molecule has 1 aromatic heterocycles. The van der Waals surface area contributed by atoms with Crippen LogP contribution in [0.5, 0.6) is 23.1 Å². The van der Waals surface area contributed by atoms with E-state index in [9.17, 15) is 4.79 Å². The van der Waals surface area contributed by atoms with E-state index in [2.05, 4.69) is 110 Å². The fourth-order valence-electron chi connectivity index (χ4n) is 6.49. The van der Waals surface area contributed by atoms with Gasteiger partial charge in [-0.2, -0.15) is 0 Å². The van der Waals surface area contributed by atoms with Gasteiger partial charge in [-0.05, 0) is 103 Å². The van der Waals surface area contributed by atoms with Crippen molar-refractivity contribution in [3.8, 4) is 23.1 Å². The summed E-state index contributed by atoms with van der Waals surface area (Å²) in [6, 6.07) is 33.0. The van der Waals surface area contributed by atoms with E-state index >= 15 is 0 Å². The summed E-state index contributed by atoms with van der Waals surface area (Å²) in [7, 11) is 2.14. The molecule has 288 valence electrons. The van der Waals surface area contributed by atoms with Crippen molar-refractivity contribution in [2.75, 3.05) is 26.7 Å². The maximum Gasteiger partial charge on any atom is 0.246 e. The maximum absolute atomic E-state index is 13.2. The van der Waals surface area contributed by atoms with Crippen molar-refractivity contribution in [2.45, 2.75) is 65.6 Å². The van der Waals surface area contributed by atoms with Crippen molar-refractivity contribution in [2.24, 2.45) is 0 Å². The number of likely N-dealkylation sites (N-methyl/N-ethyl adjacent to an activating group) is 1. The third kappa shape index (κ3) is 11.8. The third-order valence-electron chi connectivity index (χ3n) is 9.87. The molecular weight excluding hydrogens is 729 g/mol. The zero-order valence-electron chi connectivity index (χ0n) is 32.3. The summed E-state index contributed by atoms with van der Waals surface area (Å²) < 4.78 is 17.9. The molecule has 0 radical (unpaired) electrons. The number of amides is 1. The van der Waals surface area contributed by atoms with E-state index in [1.807, 2.05) is 30.0 Å². The van der Waals surface area contributed by atoms with E-state index in [1.165, 1.54) is 22.3 Å². The molecule has 55 heavy (non-hydrogen) atoms. The van der Waals surface area contributed by atoms with E-state index in [0.29, 0.717) is 54.1 Å². The first-order valence-corrected chi connectivity index (χ1v) is 19.1. The summed E-state index contributed by atoms with van der Waals surface area (Å²) in [6.45, 7) is 11.7. The van der Waals surface area contributed by atoms with Gasteiger partial charge in [0.05, 0.1) is 17.8 Å². The minimum absolute atomic E-state index is 0. The Morgan fingerprint density at radius 3 is 2.27 bits per heavy atom. The number of hydrogen-bond acceptors (Lipinski definition) is 6. The number of aryl methyl sites for hydroxylation is 2. The lowest BCUT2D eigenvalue weighted by Gasteiger charge is -2.24. The maximum atomic E-state index is 13.2. The fourth-order valence-corrected chi connectivity index (χ4v) is 6.80. The number of benzene rings is 4. The van der Waals surface area contributed by atoms with Gasteiger partial charge in [-0.25, -0.2) is 4.98 Å². The number of hydrogen-bond donors (Lipinski definition) is 0. The van der Waals surface area contributed by atoms with Crippen molar-refractivity contribution in [3.05, 3.63) is 153 Å². The number of pyridine rings is 1. The topological polar surface area (TPSA) is 64.1 Å². The predicted molar refractivity (Wildman–Crippen MR) is 225 cm³/mol. The van der Waals surface area contributed by atoms with Crippen LogP contribution in [-0.2, 0) is 24.4 Å². The van der Waals surface area contributed by atoms with Crippen LogP contribution >= 0.6 is 24.0 Å². The number of carbonyl (C=O) groups excluding carboxylic acids is 1. The van der Waals surface area contributed by atoms with Crippen molar-refractivity contribution in [3.63, 3.8) is 0 Å². The standard InChI is InChI=1S/C46H50ClN3O4.ClH/c1-32(2)39-15-17-41(18-16-39)52-25-23-35-10-12-36(13-11-35)29-49(5)40-22-24-50(30-40)45(51)21-14-38-26-34(4)46(43(47)27-38)54-44-20-19-42(28-48-44)53-31-37-8-6-33(3)7-9-37;/h6-21,26-28,32,40H,22-25,29-31H2,1-5H3;1H/t40-;/m0./s1. The molecule has 0 unspecified atom stereocenters. The molecule has 1 aliphatic rings. The zero-order valence-corrected chi connectivity index (χ0v) is 33.9. The number of ether oxygens (including phenoxy) is 3. The number of carbonyl (C=O) groups is 1. The number of rotatable bonds is 15. The second-order valence-electron chi connectivity index (χ2n) is 14.5. The molecule has 6 rings (SSSR count). The molecule has 0 spiro atoms. The Kier molecular flexibility index (Phi) is 14.8. The molecule has 0 aliphatic carbocycles. The van der Waals surface area contributed by atoms with Gasteiger partial charge in [0, 0.05) is 44.2 Å². The van der Waals surface area contributed by atoms with Crippen LogP contribution in [-0.4, -0.2) is 53.5 Å². The van der Waals surface area contributed by atoms with Crippen molar-refractivity contribution < 1.29 is 19.0 Å². The highest BCUT2D eigenvalue weighted by Gasteiger charge is 2.28. The molecule has 4 aromatic carbocycles. The largest absolute Gasteiger partial charge is 0.493 e. The average Bonchev–Trinajstić information content (AvgIpc) is 3.68. The van der Waals surface area contributed by atoms with Crippen LogP contribution in [0.3, 0.4) is 0 Å².